The van der Waals surface area contributed by atoms with Crippen LogP contribution in [0.4, 0.5) is 0 Å². The Kier molecular flexibility index (Phi) is 2.68. The van der Waals surface area contributed by atoms with Crippen LogP contribution in [0.5, 0.6) is 0 Å². The third-order valence-electron chi connectivity index (χ3n) is 2.54. The van der Waals surface area contributed by atoms with Crippen molar-refractivity contribution in [1.82, 2.24) is 4.98 Å². The number of fused-ring (bicyclic) bond motifs is 1. The lowest BCUT2D eigenvalue weighted by molar-refractivity contribution is 0.517. The molecule has 84 valence electrons. The normalized spacial score (nSPS) is 12.0. The van der Waals surface area contributed by atoms with Gasteiger partial charge in [0.25, 0.3) is 0 Å². The molecular weight excluding hydrogens is 196 g/mol. The van der Waals surface area contributed by atoms with E-state index in [0.29, 0.717) is 0 Å². The van der Waals surface area contributed by atoms with Crippen LogP contribution in [0.1, 0.15) is 25.0 Å². The third-order valence-corrected chi connectivity index (χ3v) is 2.54. The number of hydrogen-bond acceptors (Lipinski definition) is 2. The zero-order valence-corrected chi connectivity index (χ0v) is 10.1. The minimum Gasteiger partial charge on any atom is -0.325 e. The summed E-state index contributed by atoms with van der Waals surface area (Å²) in [6.45, 7) is 6.16. The Morgan fingerprint density at radius 1 is 1.25 bits per heavy atom. The monoisotopic (exact) mass is 214 g/mol. The molecule has 0 radical (unpaired) electrons. The fraction of sp³-hybridized carbons (Fsp3) is 0.357. The van der Waals surface area contributed by atoms with Gasteiger partial charge in [0.1, 0.15) is 0 Å². The number of rotatable bonds is 2. The van der Waals surface area contributed by atoms with Gasteiger partial charge < -0.3 is 5.73 Å². The van der Waals surface area contributed by atoms with Crippen molar-refractivity contribution in [3.8, 4) is 0 Å². The van der Waals surface area contributed by atoms with E-state index < -0.39 is 0 Å². The Bertz CT molecular complexity index is 510. The molecule has 0 aliphatic heterocycles. The average molecular weight is 214 g/mol. The van der Waals surface area contributed by atoms with Crippen LogP contribution in [0, 0.1) is 6.92 Å². The van der Waals surface area contributed by atoms with Gasteiger partial charge in [0.2, 0.25) is 0 Å². The summed E-state index contributed by atoms with van der Waals surface area (Å²) >= 11 is 0. The summed E-state index contributed by atoms with van der Waals surface area (Å²) in [5.74, 6) is 0. The summed E-state index contributed by atoms with van der Waals surface area (Å²) in [5, 5.41) is 1.20. The van der Waals surface area contributed by atoms with E-state index in [1.165, 1.54) is 16.5 Å². The number of hydrogen-bond donors (Lipinski definition) is 1. The van der Waals surface area contributed by atoms with Crippen LogP contribution in [-0.2, 0) is 6.42 Å². The highest BCUT2D eigenvalue weighted by Gasteiger charge is 2.11. The fourth-order valence-electron chi connectivity index (χ4n) is 1.93. The smallest absolute Gasteiger partial charge is 0.0702 e. The van der Waals surface area contributed by atoms with E-state index in [4.69, 9.17) is 5.73 Å². The maximum Gasteiger partial charge on any atom is 0.0702 e. The van der Waals surface area contributed by atoms with Crippen LogP contribution < -0.4 is 5.73 Å². The predicted molar refractivity (Wildman–Crippen MR) is 68.5 cm³/mol. The fourth-order valence-corrected chi connectivity index (χ4v) is 1.93. The molecular formula is C14H18N2. The molecule has 2 nitrogen and oxygen atoms in total. The summed E-state index contributed by atoms with van der Waals surface area (Å²) in [5.41, 5.74) is 9.37. The molecule has 1 aromatic heterocycles. The molecule has 2 aromatic rings. The van der Waals surface area contributed by atoms with Gasteiger partial charge >= 0.3 is 0 Å². The second-order valence-electron chi connectivity index (χ2n) is 5.21. The molecule has 2 rings (SSSR count). The summed E-state index contributed by atoms with van der Waals surface area (Å²) in [6.07, 6.45) is 2.78. The van der Waals surface area contributed by atoms with Gasteiger partial charge in [-0.05, 0) is 56.5 Å². The van der Waals surface area contributed by atoms with Crippen molar-refractivity contribution in [2.45, 2.75) is 32.7 Å². The highest BCUT2D eigenvalue weighted by molar-refractivity contribution is 5.79. The van der Waals surface area contributed by atoms with Crippen molar-refractivity contribution >= 4 is 10.9 Å². The number of aryl methyl sites for hydroxylation is 1. The van der Waals surface area contributed by atoms with Crippen LogP contribution >= 0.6 is 0 Å². The largest absolute Gasteiger partial charge is 0.325 e. The van der Waals surface area contributed by atoms with Gasteiger partial charge in [0.15, 0.2) is 0 Å². The van der Waals surface area contributed by atoms with Crippen molar-refractivity contribution < 1.29 is 0 Å². The molecule has 0 aliphatic carbocycles. The second-order valence-corrected chi connectivity index (χ2v) is 5.21. The van der Waals surface area contributed by atoms with Gasteiger partial charge in [0.05, 0.1) is 5.52 Å². The lowest BCUT2D eigenvalue weighted by atomic mass is 9.95. The molecule has 16 heavy (non-hydrogen) atoms. The molecule has 0 unspecified atom stereocenters. The number of nitrogens with zero attached hydrogens (tertiary/aromatic N) is 1. The average Bonchev–Trinajstić information content (AvgIpc) is 2.14. The van der Waals surface area contributed by atoms with Crippen LogP contribution in [0.25, 0.3) is 10.9 Å². The highest BCUT2D eigenvalue weighted by Crippen LogP contribution is 2.18. The Balaban J connectivity index is 2.43. The molecule has 0 bridgehead atoms. The van der Waals surface area contributed by atoms with E-state index in [1.807, 2.05) is 20.0 Å². The van der Waals surface area contributed by atoms with Crippen molar-refractivity contribution in [1.29, 1.82) is 0 Å². The first kappa shape index (κ1) is 11.1. The van der Waals surface area contributed by atoms with E-state index >= 15 is 0 Å². The lowest BCUT2D eigenvalue weighted by Crippen LogP contribution is -2.34. The van der Waals surface area contributed by atoms with Crippen LogP contribution in [0.3, 0.4) is 0 Å². The van der Waals surface area contributed by atoms with Crippen LogP contribution in [-0.4, -0.2) is 10.5 Å². The molecule has 0 aliphatic rings. The molecule has 0 spiro atoms. The van der Waals surface area contributed by atoms with Gasteiger partial charge in [0, 0.05) is 17.1 Å². The van der Waals surface area contributed by atoms with Crippen molar-refractivity contribution in [3.05, 3.63) is 41.6 Å². The summed E-state index contributed by atoms with van der Waals surface area (Å²) in [6, 6.07) is 8.52. The Morgan fingerprint density at radius 2 is 2.00 bits per heavy atom. The molecule has 2 N–H and O–H groups in total. The highest BCUT2D eigenvalue weighted by atomic mass is 14.7. The minimum atomic E-state index is -0.162. The number of benzene rings is 1. The van der Waals surface area contributed by atoms with Crippen molar-refractivity contribution in [2.24, 2.45) is 5.73 Å². The lowest BCUT2D eigenvalue weighted by Gasteiger charge is -2.18. The van der Waals surface area contributed by atoms with Gasteiger partial charge in [-0.3, -0.25) is 4.98 Å². The standard InChI is InChI=1S/C14H18N2/c1-10-6-12-7-11(8-14(2,3)15)4-5-13(12)16-9-10/h4-7,9H,8,15H2,1-3H3. The van der Waals surface area contributed by atoms with E-state index in [9.17, 15) is 0 Å². The molecule has 1 aromatic carbocycles. The first-order valence-electron chi connectivity index (χ1n) is 5.58. The van der Waals surface area contributed by atoms with E-state index in [0.717, 1.165) is 11.9 Å². The van der Waals surface area contributed by atoms with E-state index in [-0.39, 0.29) is 5.54 Å². The van der Waals surface area contributed by atoms with Gasteiger partial charge in [-0.2, -0.15) is 0 Å². The zero-order valence-electron chi connectivity index (χ0n) is 10.1. The maximum absolute atomic E-state index is 6.03. The summed E-state index contributed by atoms with van der Waals surface area (Å²) < 4.78 is 0. The topological polar surface area (TPSA) is 38.9 Å². The molecule has 2 heteroatoms. The summed E-state index contributed by atoms with van der Waals surface area (Å²) in [7, 11) is 0. The summed E-state index contributed by atoms with van der Waals surface area (Å²) in [4.78, 5) is 4.39. The minimum absolute atomic E-state index is 0.162. The SMILES string of the molecule is Cc1cnc2ccc(CC(C)(C)N)cc2c1. The Hall–Kier alpha value is -1.41. The Labute approximate surface area is 96.5 Å². The second kappa shape index (κ2) is 3.87. The van der Waals surface area contributed by atoms with E-state index in [2.05, 4.69) is 36.2 Å². The van der Waals surface area contributed by atoms with Gasteiger partial charge in [-0.15, -0.1) is 0 Å². The number of aromatic nitrogens is 1. The van der Waals surface area contributed by atoms with Crippen LogP contribution in [0.15, 0.2) is 30.5 Å². The van der Waals surface area contributed by atoms with Gasteiger partial charge in [-0.1, -0.05) is 6.07 Å². The number of pyridine rings is 1. The zero-order chi connectivity index (χ0) is 11.8. The molecule has 0 saturated carbocycles. The van der Waals surface area contributed by atoms with Crippen LogP contribution in [0.2, 0.25) is 0 Å². The maximum atomic E-state index is 6.03. The quantitative estimate of drug-likeness (QED) is 0.835. The first-order valence-corrected chi connectivity index (χ1v) is 5.58. The predicted octanol–water partition coefficient (Wildman–Crippen LogP) is 2.82. The third kappa shape index (κ3) is 2.58. The molecule has 0 amide bonds. The van der Waals surface area contributed by atoms with Crippen molar-refractivity contribution in [2.75, 3.05) is 0 Å². The molecule has 0 fully saturated rings. The molecule has 0 saturated heterocycles. The van der Waals surface area contributed by atoms with Gasteiger partial charge in [-0.25, -0.2) is 0 Å². The van der Waals surface area contributed by atoms with Crippen molar-refractivity contribution in [3.63, 3.8) is 0 Å². The first-order chi connectivity index (χ1) is 7.44. The number of nitrogens with two attached hydrogens (primary N) is 1. The molecule has 1 heterocycles. The Morgan fingerprint density at radius 3 is 2.69 bits per heavy atom. The molecule has 0 atom stereocenters. The van der Waals surface area contributed by atoms with E-state index in [1.54, 1.807) is 0 Å².